The average molecular weight is 408 g/mol. The van der Waals surface area contributed by atoms with E-state index in [1.54, 1.807) is 24.8 Å². The topological polar surface area (TPSA) is 89.9 Å². The first-order chi connectivity index (χ1) is 12.7. The van der Waals surface area contributed by atoms with Crippen molar-refractivity contribution in [2.24, 2.45) is 0 Å². The molecule has 3 aromatic rings. The Bertz CT molecular complexity index is 939. The number of fused-ring (bicyclic) bond motifs is 3. The number of amides is 1. The minimum Gasteiger partial charge on any atom is -0.377 e. The molecule has 0 radical (unpaired) electrons. The third kappa shape index (κ3) is 3.73. The monoisotopic (exact) mass is 407 g/mol. The summed E-state index contributed by atoms with van der Waals surface area (Å²) in [5, 5.41) is 14.0. The molecule has 0 saturated heterocycles. The van der Waals surface area contributed by atoms with E-state index in [1.165, 1.54) is 46.4 Å². The SMILES string of the molecule is COCc1nnc(NC(=O)CSc2ncnc3sc4c(c23)CCCC4)s1. The van der Waals surface area contributed by atoms with Crippen molar-refractivity contribution in [3.63, 3.8) is 0 Å². The smallest absolute Gasteiger partial charge is 0.236 e. The van der Waals surface area contributed by atoms with Gasteiger partial charge in [-0.15, -0.1) is 21.5 Å². The predicted molar refractivity (Wildman–Crippen MR) is 104 cm³/mol. The molecule has 0 spiro atoms. The number of hydrogen-bond donors (Lipinski definition) is 1. The molecule has 0 aromatic carbocycles. The highest BCUT2D eigenvalue weighted by atomic mass is 32.2. The molecule has 3 heterocycles. The summed E-state index contributed by atoms with van der Waals surface area (Å²) in [6.45, 7) is 0.393. The van der Waals surface area contributed by atoms with Crippen molar-refractivity contribution in [2.75, 3.05) is 18.2 Å². The van der Waals surface area contributed by atoms with E-state index >= 15 is 0 Å². The van der Waals surface area contributed by atoms with E-state index in [9.17, 15) is 4.79 Å². The van der Waals surface area contributed by atoms with Crippen molar-refractivity contribution in [2.45, 2.75) is 37.3 Å². The van der Waals surface area contributed by atoms with Gasteiger partial charge in [-0.05, 0) is 31.2 Å². The van der Waals surface area contributed by atoms with Crippen molar-refractivity contribution in [3.05, 3.63) is 21.8 Å². The highest BCUT2D eigenvalue weighted by Crippen LogP contribution is 2.39. The number of nitrogens with zero attached hydrogens (tertiary/aromatic N) is 4. The molecule has 26 heavy (non-hydrogen) atoms. The van der Waals surface area contributed by atoms with Gasteiger partial charge in [0, 0.05) is 17.4 Å². The normalized spacial score (nSPS) is 13.7. The number of nitrogens with one attached hydrogen (secondary N) is 1. The molecule has 7 nitrogen and oxygen atoms in total. The van der Waals surface area contributed by atoms with E-state index in [1.807, 2.05) is 0 Å². The van der Waals surface area contributed by atoms with Crippen LogP contribution in [-0.2, 0) is 29.0 Å². The Kier molecular flexibility index (Phi) is 5.44. The number of ether oxygens (including phenoxy) is 1. The van der Waals surface area contributed by atoms with Crippen LogP contribution in [0.15, 0.2) is 11.4 Å². The van der Waals surface area contributed by atoms with Crippen molar-refractivity contribution < 1.29 is 9.53 Å². The number of hydrogen-bond acceptors (Lipinski definition) is 9. The van der Waals surface area contributed by atoms with Crippen LogP contribution >= 0.6 is 34.4 Å². The lowest BCUT2D eigenvalue weighted by Gasteiger charge is -2.11. The molecule has 10 heteroatoms. The number of carbonyl (C=O) groups is 1. The molecule has 0 bridgehead atoms. The number of aryl methyl sites for hydroxylation is 2. The molecule has 0 aliphatic heterocycles. The molecular weight excluding hydrogens is 390 g/mol. The van der Waals surface area contributed by atoms with E-state index in [0.717, 1.165) is 33.1 Å². The fourth-order valence-corrected chi connectivity index (χ4v) is 5.79. The van der Waals surface area contributed by atoms with Crippen LogP contribution in [0.2, 0.25) is 0 Å². The molecule has 3 aromatic heterocycles. The van der Waals surface area contributed by atoms with E-state index in [0.29, 0.717) is 11.7 Å². The Labute approximate surface area is 162 Å². The summed E-state index contributed by atoms with van der Waals surface area (Å²) in [7, 11) is 1.60. The molecule has 1 aliphatic rings. The Morgan fingerprint density at radius 3 is 3.04 bits per heavy atom. The predicted octanol–water partition coefficient (Wildman–Crippen LogP) is 3.30. The van der Waals surface area contributed by atoms with Crippen LogP contribution in [0.4, 0.5) is 5.13 Å². The number of methoxy groups -OCH3 is 1. The van der Waals surface area contributed by atoms with Crippen molar-refractivity contribution in [1.82, 2.24) is 20.2 Å². The number of thiophene rings is 1. The van der Waals surface area contributed by atoms with Gasteiger partial charge >= 0.3 is 0 Å². The standard InChI is InChI=1S/C16H17N5O2S3/c1-23-6-12-20-21-16(26-12)19-11(22)7-24-14-13-9-4-2-3-5-10(9)25-15(13)18-8-17-14/h8H,2-7H2,1H3,(H,19,21,22). The van der Waals surface area contributed by atoms with Gasteiger partial charge in [-0.25, -0.2) is 9.97 Å². The number of aromatic nitrogens is 4. The molecule has 0 fully saturated rings. The summed E-state index contributed by atoms with van der Waals surface area (Å²) in [5.74, 6) is 0.154. The number of anilines is 1. The largest absolute Gasteiger partial charge is 0.377 e. The molecule has 1 amide bonds. The van der Waals surface area contributed by atoms with Gasteiger partial charge in [0.2, 0.25) is 11.0 Å². The van der Waals surface area contributed by atoms with Crippen LogP contribution in [0, 0.1) is 0 Å². The summed E-state index contributed by atoms with van der Waals surface area (Å²) in [6, 6.07) is 0. The molecular formula is C16H17N5O2S3. The minimum absolute atomic E-state index is 0.119. The van der Waals surface area contributed by atoms with Gasteiger partial charge < -0.3 is 4.74 Å². The quantitative estimate of drug-likeness (QED) is 0.495. The molecule has 0 atom stereocenters. The first-order valence-electron chi connectivity index (χ1n) is 8.24. The molecule has 1 N–H and O–H groups in total. The van der Waals surface area contributed by atoms with Gasteiger partial charge in [0.1, 0.15) is 27.8 Å². The third-order valence-electron chi connectivity index (χ3n) is 4.04. The van der Waals surface area contributed by atoms with Crippen LogP contribution in [0.25, 0.3) is 10.2 Å². The molecule has 0 unspecified atom stereocenters. The number of carbonyl (C=O) groups excluding carboxylic acids is 1. The van der Waals surface area contributed by atoms with Crippen LogP contribution in [0.1, 0.15) is 28.3 Å². The van der Waals surface area contributed by atoms with Crippen molar-refractivity contribution >= 4 is 55.7 Å². The minimum atomic E-state index is -0.119. The zero-order valence-electron chi connectivity index (χ0n) is 14.2. The molecule has 4 rings (SSSR count). The van der Waals surface area contributed by atoms with Crippen LogP contribution in [-0.4, -0.2) is 38.9 Å². The van der Waals surface area contributed by atoms with E-state index in [4.69, 9.17) is 4.74 Å². The summed E-state index contributed by atoms with van der Waals surface area (Å²) < 4.78 is 5.01. The summed E-state index contributed by atoms with van der Waals surface area (Å²) in [4.78, 5) is 23.6. The number of rotatable bonds is 6. The second kappa shape index (κ2) is 7.95. The van der Waals surface area contributed by atoms with Gasteiger partial charge in [0.25, 0.3) is 0 Å². The van der Waals surface area contributed by atoms with Crippen molar-refractivity contribution in [3.8, 4) is 0 Å². The molecule has 0 saturated carbocycles. The Balaban J connectivity index is 1.45. The number of thioether (sulfide) groups is 1. The Hall–Kier alpha value is -1.62. The lowest BCUT2D eigenvalue weighted by atomic mass is 9.97. The average Bonchev–Trinajstić information content (AvgIpc) is 3.24. The van der Waals surface area contributed by atoms with Gasteiger partial charge in [0.15, 0.2) is 0 Å². The van der Waals surface area contributed by atoms with Gasteiger partial charge in [-0.1, -0.05) is 23.1 Å². The highest BCUT2D eigenvalue weighted by Gasteiger charge is 2.20. The molecule has 136 valence electrons. The van der Waals surface area contributed by atoms with E-state index in [2.05, 4.69) is 25.5 Å². The zero-order chi connectivity index (χ0) is 17.9. The van der Waals surface area contributed by atoms with E-state index in [-0.39, 0.29) is 11.7 Å². The van der Waals surface area contributed by atoms with Crippen LogP contribution in [0.5, 0.6) is 0 Å². The summed E-state index contributed by atoms with van der Waals surface area (Å²) in [6.07, 6.45) is 6.24. The van der Waals surface area contributed by atoms with Crippen LogP contribution < -0.4 is 5.32 Å². The maximum Gasteiger partial charge on any atom is 0.236 e. The lowest BCUT2D eigenvalue weighted by molar-refractivity contribution is -0.113. The first-order valence-corrected chi connectivity index (χ1v) is 10.9. The second-order valence-electron chi connectivity index (χ2n) is 5.84. The maximum absolute atomic E-state index is 12.3. The van der Waals surface area contributed by atoms with E-state index < -0.39 is 0 Å². The zero-order valence-corrected chi connectivity index (χ0v) is 16.6. The third-order valence-corrected chi connectivity index (χ3v) is 7.04. The van der Waals surface area contributed by atoms with Crippen molar-refractivity contribution in [1.29, 1.82) is 0 Å². The van der Waals surface area contributed by atoms with Crippen LogP contribution in [0.3, 0.4) is 0 Å². The van der Waals surface area contributed by atoms with Gasteiger partial charge in [-0.3, -0.25) is 10.1 Å². The van der Waals surface area contributed by atoms with Gasteiger partial charge in [-0.2, -0.15) is 0 Å². The lowest BCUT2D eigenvalue weighted by Crippen LogP contribution is -2.14. The highest BCUT2D eigenvalue weighted by molar-refractivity contribution is 8.00. The summed E-state index contributed by atoms with van der Waals surface area (Å²) >= 11 is 4.53. The second-order valence-corrected chi connectivity index (χ2v) is 8.95. The maximum atomic E-state index is 12.3. The van der Waals surface area contributed by atoms with Gasteiger partial charge in [0.05, 0.1) is 5.75 Å². The fourth-order valence-electron chi connectivity index (χ4n) is 2.95. The summed E-state index contributed by atoms with van der Waals surface area (Å²) in [5.41, 5.74) is 1.38. The molecule has 1 aliphatic carbocycles. The Morgan fingerprint density at radius 2 is 2.15 bits per heavy atom. The first kappa shape index (κ1) is 17.8. The fraction of sp³-hybridized carbons (Fsp3) is 0.438. The Morgan fingerprint density at radius 1 is 1.27 bits per heavy atom.